The molecule has 0 N–H and O–H groups in total. The quantitative estimate of drug-likeness (QED) is 0.576. The van der Waals surface area contributed by atoms with E-state index in [2.05, 4.69) is 69.5 Å². The van der Waals surface area contributed by atoms with E-state index in [0.29, 0.717) is 5.92 Å². The van der Waals surface area contributed by atoms with Crippen LogP contribution in [0.5, 0.6) is 0 Å². The van der Waals surface area contributed by atoms with Gasteiger partial charge in [0.1, 0.15) is 0 Å². The van der Waals surface area contributed by atoms with Crippen LogP contribution < -0.4 is 0 Å². The third-order valence-corrected chi connectivity index (χ3v) is 3.87. The molecule has 0 aromatic heterocycles. The number of benzene rings is 2. The largest absolute Gasteiger partial charge is 0.102 e. The Hall–Kier alpha value is -1.82. The minimum atomic E-state index is 0.393. The maximum absolute atomic E-state index is 4.23. The van der Waals surface area contributed by atoms with Crippen LogP contribution in [-0.2, 0) is 0 Å². The average Bonchev–Trinajstić information content (AvgIpc) is 2.47. The Kier molecular flexibility index (Phi) is 4.21. The van der Waals surface area contributed by atoms with E-state index in [1.165, 1.54) is 27.5 Å². The first-order valence-electron chi connectivity index (χ1n) is 7.05. The molecule has 0 heteroatoms. The minimum absolute atomic E-state index is 0.393. The van der Waals surface area contributed by atoms with E-state index in [0.717, 1.165) is 12.8 Å². The van der Waals surface area contributed by atoms with Crippen LogP contribution in [0.3, 0.4) is 0 Å². The van der Waals surface area contributed by atoms with Gasteiger partial charge in [0, 0.05) is 5.92 Å². The highest BCUT2D eigenvalue weighted by atomic mass is 14.2. The van der Waals surface area contributed by atoms with Gasteiger partial charge in [-0.15, -0.1) is 6.58 Å². The first kappa shape index (κ1) is 13.6. The summed E-state index contributed by atoms with van der Waals surface area (Å²) in [6.45, 7) is 12.6. The zero-order valence-electron chi connectivity index (χ0n) is 11.9. The van der Waals surface area contributed by atoms with Crippen molar-refractivity contribution >= 4 is 16.3 Å². The summed E-state index contributed by atoms with van der Waals surface area (Å²) in [5.74, 6) is 0.393. The van der Waals surface area contributed by atoms with Crippen LogP contribution >= 0.6 is 0 Å². The Bertz CT molecular complexity index is 604. The Labute approximate surface area is 116 Å². The molecule has 0 heterocycles. The summed E-state index contributed by atoms with van der Waals surface area (Å²) < 4.78 is 0. The Balaban J connectivity index is 2.78. The molecule has 1 atom stereocenters. The van der Waals surface area contributed by atoms with Crippen molar-refractivity contribution in [2.45, 2.75) is 32.6 Å². The number of fused-ring (bicyclic) bond motifs is 1. The lowest BCUT2D eigenvalue weighted by Gasteiger charge is -2.19. The highest BCUT2D eigenvalue weighted by Gasteiger charge is 2.15. The first-order chi connectivity index (χ1) is 9.22. The van der Waals surface area contributed by atoms with Gasteiger partial charge in [-0.2, -0.15) is 0 Å². The van der Waals surface area contributed by atoms with Crippen LogP contribution in [-0.4, -0.2) is 0 Å². The van der Waals surface area contributed by atoms with Crippen molar-refractivity contribution in [1.29, 1.82) is 0 Å². The fraction of sp³-hybridized carbons (Fsp3) is 0.263. The molecule has 2 aromatic carbocycles. The standard InChI is InChI=1S/C19H22/c1-5-14(4)17-13-12-16-10-8-9-11-18(16)19(17)15(6-2)7-3/h6,8-13,15H,2,4-5,7H2,1,3H3. The molecule has 98 valence electrons. The third kappa shape index (κ3) is 2.49. The maximum Gasteiger partial charge on any atom is 0.00248 e. The van der Waals surface area contributed by atoms with Gasteiger partial charge in [-0.1, -0.05) is 62.9 Å². The van der Waals surface area contributed by atoms with Crippen molar-refractivity contribution in [2.24, 2.45) is 0 Å². The van der Waals surface area contributed by atoms with Gasteiger partial charge in [0.25, 0.3) is 0 Å². The van der Waals surface area contributed by atoms with E-state index in [-0.39, 0.29) is 0 Å². The molecule has 0 saturated heterocycles. The van der Waals surface area contributed by atoms with Gasteiger partial charge >= 0.3 is 0 Å². The summed E-state index contributed by atoms with van der Waals surface area (Å²) in [5, 5.41) is 2.63. The molecule has 0 aliphatic heterocycles. The Morgan fingerprint density at radius 1 is 1.16 bits per heavy atom. The summed E-state index contributed by atoms with van der Waals surface area (Å²) in [4.78, 5) is 0. The zero-order valence-corrected chi connectivity index (χ0v) is 11.9. The van der Waals surface area contributed by atoms with Gasteiger partial charge in [-0.3, -0.25) is 0 Å². The second kappa shape index (κ2) is 5.88. The number of hydrogen-bond acceptors (Lipinski definition) is 0. The Morgan fingerprint density at radius 3 is 2.53 bits per heavy atom. The van der Waals surface area contributed by atoms with Crippen molar-refractivity contribution in [2.75, 3.05) is 0 Å². The van der Waals surface area contributed by atoms with Gasteiger partial charge in [0.2, 0.25) is 0 Å². The molecule has 0 aliphatic carbocycles. The number of allylic oxidation sites excluding steroid dienone is 2. The monoisotopic (exact) mass is 250 g/mol. The van der Waals surface area contributed by atoms with Gasteiger partial charge < -0.3 is 0 Å². The normalized spacial score (nSPS) is 12.3. The molecule has 0 saturated carbocycles. The average molecular weight is 250 g/mol. The maximum atomic E-state index is 4.23. The van der Waals surface area contributed by atoms with E-state index in [1.54, 1.807) is 0 Å². The van der Waals surface area contributed by atoms with Crippen molar-refractivity contribution in [1.82, 2.24) is 0 Å². The van der Waals surface area contributed by atoms with Crippen molar-refractivity contribution < 1.29 is 0 Å². The summed E-state index contributed by atoms with van der Waals surface area (Å²) in [6.07, 6.45) is 4.12. The highest BCUT2D eigenvalue weighted by molar-refractivity contribution is 5.91. The third-order valence-electron chi connectivity index (χ3n) is 3.87. The van der Waals surface area contributed by atoms with Crippen LogP contribution in [0.2, 0.25) is 0 Å². The molecule has 2 aromatic rings. The van der Waals surface area contributed by atoms with Crippen molar-refractivity contribution in [3.8, 4) is 0 Å². The number of hydrogen-bond donors (Lipinski definition) is 0. The summed E-state index contributed by atoms with van der Waals surface area (Å²) in [6, 6.07) is 13.0. The summed E-state index contributed by atoms with van der Waals surface area (Å²) in [7, 11) is 0. The lowest BCUT2D eigenvalue weighted by molar-refractivity contribution is 0.811. The minimum Gasteiger partial charge on any atom is -0.102 e. The molecule has 19 heavy (non-hydrogen) atoms. The highest BCUT2D eigenvalue weighted by Crippen LogP contribution is 2.35. The molecule has 0 nitrogen and oxygen atoms in total. The zero-order chi connectivity index (χ0) is 13.8. The number of rotatable bonds is 5. The van der Waals surface area contributed by atoms with Crippen LogP contribution in [0.25, 0.3) is 16.3 Å². The van der Waals surface area contributed by atoms with E-state index >= 15 is 0 Å². The fourth-order valence-corrected chi connectivity index (χ4v) is 2.68. The van der Waals surface area contributed by atoms with Crippen LogP contribution in [0.4, 0.5) is 0 Å². The summed E-state index contributed by atoms with van der Waals surface area (Å²) >= 11 is 0. The van der Waals surface area contributed by atoms with Crippen LogP contribution in [0, 0.1) is 0 Å². The van der Waals surface area contributed by atoms with Crippen molar-refractivity contribution in [3.63, 3.8) is 0 Å². The SMILES string of the molecule is C=CC(CC)c1c(C(=C)CC)ccc2ccccc12. The lowest BCUT2D eigenvalue weighted by atomic mass is 9.85. The van der Waals surface area contributed by atoms with Crippen LogP contribution in [0.15, 0.2) is 55.6 Å². The van der Waals surface area contributed by atoms with Crippen LogP contribution in [0.1, 0.15) is 43.7 Å². The van der Waals surface area contributed by atoms with E-state index in [1.807, 2.05) is 0 Å². The predicted octanol–water partition coefficient (Wildman–Crippen LogP) is 5.94. The molecule has 0 spiro atoms. The van der Waals surface area contributed by atoms with Gasteiger partial charge in [-0.05, 0) is 40.3 Å². The van der Waals surface area contributed by atoms with Gasteiger partial charge in [0.05, 0.1) is 0 Å². The molecule has 1 unspecified atom stereocenters. The second-order valence-corrected chi connectivity index (χ2v) is 4.96. The fourth-order valence-electron chi connectivity index (χ4n) is 2.68. The smallest absolute Gasteiger partial charge is 0.00248 e. The topological polar surface area (TPSA) is 0 Å². The molecular formula is C19H22. The summed E-state index contributed by atoms with van der Waals surface area (Å²) in [5.41, 5.74) is 3.90. The van der Waals surface area contributed by atoms with E-state index < -0.39 is 0 Å². The molecule has 0 fully saturated rings. The molecule has 2 rings (SSSR count). The first-order valence-corrected chi connectivity index (χ1v) is 7.05. The molecule has 0 amide bonds. The molecule has 0 radical (unpaired) electrons. The molecular weight excluding hydrogens is 228 g/mol. The molecule has 0 bridgehead atoms. The Morgan fingerprint density at radius 2 is 1.89 bits per heavy atom. The van der Waals surface area contributed by atoms with Gasteiger partial charge in [0.15, 0.2) is 0 Å². The lowest BCUT2D eigenvalue weighted by Crippen LogP contribution is -2.00. The second-order valence-electron chi connectivity index (χ2n) is 4.96. The van der Waals surface area contributed by atoms with E-state index in [9.17, 15) is 0 Å². The predicted molar refractivity (Wildman–Crippen MR) is 86.5 cm³/mol. The van der Waals surface area contributed by atoms with Crippen molar-refractivity contribution in [3.05, 3.63) is 66.8 Å². The molecule has 0 aliphatic rings. The van der Waals surface area contributed by atoms with Gasteiger partial charge in [-0.25, -0.2) is 0 Å². The van der Waals surface area contributed by atoms with E-state index in [4.69, 9.17) is 0 Å².